The minimum Gasteiger partial charge on any atom is -0.379 e. The molecule has 3 rings (SSSR count). The first-order valence-corrected chi connectivity index (χ1v) is 8.86. The number of ether oxygens (including phenoxy) is 1. The Bertz CT molecular complexity index is 842. The Labute approximate surface area is 158 Å². The molecule has 2 N–H and O–H groups in total. The van der Waals surface area contributed by atoms with Crippen molar-refractivity contribution in [3.05, 3.63) is 47.3 Å². The lowest BCUT2D eigenvalue weighted by atomic mass is 10.2. The number of aryl methyl sites for hydroxylation is 1. The van der Waals surface area contributed by atoms with Gasteiger partial charge in [0, 0.05) is 31.9 Å². The zero-order chi connectivity index (χ0) is 19.1. The van der Waals surface area contributed by atoms with Crippen LogP contribution in [-0.4, -0.2) is 60.2 Å². The van der Waals surface area contributed by atoms with E-state index in [1.54, 1.807) is 30.3 Å². The number of anilines is 2. The number of para-hydroxylation sites is 1. The van der Waals surface area contributed by atoms with Gasteiger partial charge in [-0.25, -0.2) is 9.97 Å². The van der Waals surface area contributed by atoms with Crippen LogP contribution in [0.4, 0.5) is 11.6 Å². The van der Waals surface area contributed by atoms with E-state index in [0.717, 1.165) is 32.8 Å². The molecule has 2 heterocycles. The quantitative estimate of drug-likeness (QED) is 0.801. The number of nitriles is 1. The molecule has 27 heavy (non-hydrogen) atoms. The number of aromatic nitrogens is 2. The number of morpholine rings is 1. The lowest BCUT2D eigenvalue weighted by molar-refractivity contribution is 0.0398. The van der Waals surface area contributed by atoms with Gasteiger partial charge in [-0.1, -0.05) is 12.1 Å². The number of nitrogens with one attached hydrogen (secondary N) is 2. The molecule has 8 heteroatoms. The van der Waals surface area contributed by atoms with E-state index in [4.69, 9.17) is 10.00 Å². The van der Waals surface area contributed by atoms with Crippen molar-refractivity contribution in [1.29, 1.82) is 5.26 Å². The largest absolute Gasteiger partial charge is 0.379 e. The average molecular weight is 366 g/mol. The lowest BCUT2D eigenvalue weighted by Gasteiger charge is -2.26. The predicted octanol–water partition coefficient (Wildman–Crippen LogP) is 1.65. The summed E-state index contributed by atoms with van der Waals surface area (Å²) in [5, 5.41) is 15.1. The van der Waals surface area contributed by atoms with Crippen LogP contribution in [0.5, 0.6) is 0 Å². The van der Waals surface area contributed by atoms with E-state index in [-0.39, 0.29) is 11.6 Å². The van der Waals surface area contributed by atoms with Crippen molar-refractivity contribution in [2.75, 3.05) is 50.0 Å². The zero-order valence-electron chi connectivity index (χ0n) is 15.2. The molecule has 0 radical (unpaired) electrons. The standard InChI is InChI=1S/C19H22N6O2/c1-14-12-17(18(26)23-16-5-3-2-4-15(16)13-20)24-19(22-14)21-6-7-25-8-10-27-11-9-25/h2-5,12H,6-11H2,1H3,(H,23,26)(H,21,22,24). The molecule has 0 aliphatic carbocycles. The Hall–Kier alpha value is -3.02. The summed E-state index contributed by atoms with van der Waals surface area (Å²) in [7, 11) is 0. The summed E-state index contributed by atoms with van der Waals surface area (Å²) in [6, 6.07) is 10.5. The molecule has 1 aromatic carbocycles. The van der Waals surface area contributed by atoms with Crippen molar-refractivity contribution in [3.8, 4) is 6.07 Å². The van der Waals surface area contributed by atoms with Crippen LogP contribution in [0.3, 0.4) is 0 Å². The molecule has 1 fully saturated rings. The molecule has 140 valence electrons. The van der Waals surface area contributed by atoms with Gasteiger partial charge in [0.15, 0.2) is 0 Å². The van der Waals surface area contributed by atoms with E-state index in [0.29, 0.717) is 29.4 Å². The van der Waals surface area contributed by atoms with E-state index in [1.165, 1.54) is 0 Å². The number of carbonyl (C=O) groups excluding carboxylic acids is 1. The highest BCUT2D eigenvalue weighted by atomic mass is 16.5. The van der Waals surface area contributed by atoms with Crippen molar-refractivity contribution < 1.29 is 9.53 Å². The SMILES string of the molecule is Cc1cc(C(=O)Nc2ccccc2C#N)nc(NCCN2CCOCC2)n1. The third-order valence-electron chi connectivity index (χ3n) is 4.20. The first kappa shape index (κ1) is 18.8. The van der Waals surface area contributed by atoms with Gasteiger partial charge < -0.3 is 15.4 Å². The topological polar surface area (TPSA) is 103 Å². The molecule has 0 saturated carbocycles. The van der Waals surface area contributed by atoms with Crippen LogP contribution in [-0.2, 0) is 4.74 Å². The molecule has 0 atom stereocenters. The molecule has 1 amide bonds. The second-order valence-corrected chi connectivity index (χ2v) is 6.21. The van der Waals surface area contributed by atoms with E-state index in [2.05, 4.69) is 31.6 Å². The average Bonchev–Trinajstić information content (AvgIpc) is 2.69. The summed E-state index contributed by atoms with van der Waals surface area (Å²) < 4.78 is 5.34. The maximum absolute atomic E-state index is 12.5. The van der Waals surface area contributed by atoms with Gasteiger partial charge in [0.1, 0.15) is 11.8 Å². The van der Waals surface area contributed by atoms with E-state index in [1.807, 2.05) is 6.92 Å². The third-order valence-corrected chi connectivity index (χ3v) is 4.20. The van der Waals surface area contributed by atoms with Gasteiger partial charge in [-0.05, 0) is 25.1 Å². The molecular weight excluding hydrogens is 344 g/mol. The van der Waals surface area contributed by atoms with Gasteiger partial charge in [-0.2, -0.15) is 5.26 Å². The highest BCUT2D eigenvalue weighted by Gasteiger charge is 2.13. The van der Waals surface area contributed by atoms with Crippen LogP contribution in [0.15, 0.2) is 30.3 Å². The highest BCUT2D eigenvalue weighted by Crippen LogP contribution is 2.15. The molecule has 0 spiro atoms. The van der Waals surface area contributed by atoms with Gasteiger partial charge in [0.05, 0.1) is 24.5 Å². The Morgan fingerprint density at radius 1 is 1.30 bits per heavy atom. The summed E-state index contributed by atoms with van der Waals surface area (Å²) in [4.78, 5) is 23.5. The Morgan fingerprint density at radius 2 is 2.07 bits per heavy atom. The first-order chi connectivity index (χ1) is 13.2. The molecule has 0 bridgehead atoms. The molecule has 2 aromatic rings. The zero-order valence-corrected chi connectivity index (χ0v) is 15.2. The van der Waals surface area contributed by atoms with Crippen LogP contribution < -0.4 is 10.6 Å². The van der Waals surface area contributed by atoms with Crippen molar-refractivity contribution in [3.63, 3.8) is 0 Å². The van der Waals surface area contributed by atoms with Crippen LogP contribution in [0.2, 0.25) is 0 Å². The second kappa shape index (κ2) is 9.07. The number of carbonyl (C=O) groups is 1. The van der Waals surface area contributed by atoms with Gasteiger partial charge in [0.25, 0.3) is 5.91 Å². The molecule has 1 aliphatic rings. The van der Waals surface area contributed by atoms with Gasteiger partial charge in [-0.3, -0.25) is 9.69 Å². The number of rotatable bonds is 6. The van der Waals surface area contributed by atoms with Gasteiger partial charge in [-0.15, -0.1) is 0 Å². The summed E-state index contributed by atoms with van der Waals surface area (Å²) >= 11 is 0. The molecule has 1 aliphatic heterocycles. The maximum Gasteiger partial charge on any atom is 0.274 e. The third kappa shape index (κ3) is 5.23. The maximum atomic E-state index is 12.5. The Kier molecular flexibility index (Phi) is 6.30. The summed E-state index contributed by atoms with van der Waals surface area (Å²) in [6.45, 7) is 6.71. The van der Waals surface area contributed by atoms with Crippen molar-refractivity contribution >= 4 is 17.5 Å². The van der Waals surface area contributed by atoms with Gasteiger partial charge >= 0.3 is 0 Å². The Morgan fingerprint density at radius 3 is 2.85 bits per heavy atom. The van der Waals surface area contributed by atoms with Crippen LogP contribution in [0.1, 0.15) is 21.7 Å². The fourth-order valence-electron chi connectivity index (χ4n) is 2.79. The second-order valence-electron chi connectivity index (χ2n) is 6.21. The first-order valence-electron chi connectivity index (χ1n) is 8.86. The predicted molar refractivity (Wildman–Crippen MR) is 102 cm³/mol. The number of amides is 1. The minimum atomic E-state index is -0.376. The van der Waals surface area contributed by atoms with Crippen molar-refractivity contribution in [2.45, 2.75) is 6.92 Å². The smallest absolute Gasteiger partial charge is 0.274 e. The van der Waals surface area contributed by atoms with Crippen molar-refractivity contribution in [1.82, 2.24) is 14.9 Å². The number of benzene rings is 1. The normalized spacial score (nSPS) is 14.4. The highest BCUT2D eigenvalue weighted by molar-refractivity contribution is 6.03. The summed E-state index contributed by atoms with van der Waals surface area (Å²) in [6.07, 6.45) is 0. The van der Waals surface area contributed by atoms with Crippen LogP contribution in [0.25, 0.3) is 0 Å². The van der Waals surface area contributed by atoms with E-state index < -0.39 is 0 Å². The molecule has 1 aromatic heterocycles. The number of hydrogen-bond donors (Lipinski definition) is 2. The van der Waals surface area contributed by atoms with Crippen molar-refractivity contribution in [2.24, 2.45) is 0 Å². The molecule has 1 saturated heterocycles. The minimum absolute atomic E-state index is 0.254. The number of nitrogens with zero attached hydrogens (tertiary/aromatic N) is 4. The molecule has 8 nitrogen and oxygen atoms in total. The fourth-order valence-corrected chi connectivity index (χ4v) is 2.79. The monoisotopic (exact) mass is 366 g/mol. The summed E-state index contributed by atoms with van der Waals surface area (Å²) in [5.74, 6) is 0.0430. The summed E-state index contributed by atoms with van der Waals surface area (Å²) in [5.41, 5.74) is 1.81. The lowest BCUT2D eigenvalue weighted by Crippen LogP contribution is -2.39. The van der Waals surface area contributed by atoms with Crippen LogP contribution in [0, 0.1) is 18.3 Å². The Balaban J connectivity index is 1.63. The van der Waals surface area contributed by atoms with Crippen LogP contribution >= 0.6 is 0 Å². The number of hydrogen-bond acceptors (Lipinski definition) is 7. The van der Waals surface area contributed by atoms with E-state index >= 15 is 0 Å². The van der Waals surface area contributed by atoms with Gasteiger partial charge in [0.2, 0.25) is 5.95 Å². The molecular formula is C19H22N6O2. The molecule has 0 unspecified atom stereocenters. The fraction of sp³-hybridized carbons (Fsp3) is 0.368. The van der Waals surface area contributed by atoms with E-state index in [9.17, 15) is 4.79 Å².